The first-order valence-corrected chi connectivity index (χ1v) is 6.92. The zero-order valence-electron chi connectivity index (χ0n) is 11.7. The molecule has 1 unspecified atom stereocenters. The van der Waals surface area contributed by atoms with Gasteiger partial charge in [0.05, 0.1) is 5.52 Å². The normalized spacial score (nSPS) is 12.7. The molecule has 3 nitrogen and oxygen atoms in total. The molecule has 0 spiro atoms. The Hall–Kier alpha value is -1.45. The molecule has 1 aromatic heterocycles. The fraction of sp³-hybridized carbons (Fsp3) is 0.438. The van der Waals surface area contributed by atoms with Gasteiger partial charge in [-0.15, -0.1) is 0 Å². The van der Waals surface area contributed by atoms with Gasteiger partial charge in [0.2, 0.25) is 0 Å². The van der Waals surface area contributed by atoms with Crippen LogP contribution in [0.4, 0.5) is 0 Å². The van der Waals surface area contributed by atoms with Crippen LogP contribution in [0.1, 0.15) is 31.4 Å². The molecule has 1 atom stereocenters. The van der Waals surface area contributed by atoms with Gasteiger partial charge in [-0.05, 0) is 43.1 Å². The number of fused-ring (bicyclic) bond motifs is 1. The lowest BCUT2D eigenvalue weighted by Crippen LogP contribution is -2.23. The topological polar surface area (TPSA) is 34.1 Å². The number of pyridine rings is 1. The number of methoxy groups -OCH3 is 1. The molecule has 2 rings (SSSR count). The second-order valence-corrected chi connectivity index (χ2v) is 4.74. The third kappa shape index (κ3) is 3.75. The van der Waals surface area contributed by atoms with E-state index < -0.39 is 0 Å². The van der Waals surface area contributed by atoms with Gasteiger partial charge < -0.3 is 10.1 Å². The van der Waals surface area contributed by atoms with Crippen molar-refractivity contribution in [3.63, 3.8) is 0 Å². The Kier molecular flexibility index (Phi) is 5.31. The molecule has 1 heterocycles. The van der Waals surface area contributed by atoms with Gasteiger partial charge in [-0.3, -0.25) is 4.98 Å². The van der Waals surface area contributed by atoms with Crippen molar-refractivity contribution < 1.29 is 4.74 Å². The molecule has 0 radical (unpaired) electrons. The van der Waals surface area contributed by atoms with Crippen molar-refractivity contribution in [3.8, 4) is 0 Å². The number of hydrogen-bond acceptors (Lipinski definition) is 3. The maximum Gasteiger partial charge on any atom is 0.0702 e. The van der Waals surface area contributed by atoms with Crippen LogP contribution >= 0.6 is 0 Å². The van der Waals surface area contributed by atoms with Crippen molar-refractivity contribution in [2.75, 3.05) is 20.3 Å². The maximum absolute atomic E-state index is 5.21. The number of nitrogens with zero attached hydrogens (tertiary/aromatic N) is 1. The minimum Gasteiger partial charge on any atom is -0.385 e. The predicted molar refractivity (Wildman–Crippen MR) is 79.3 cm³/mol. The monoisotopic (exact) mass is 258 g/mol. The number of ether oxygens (including phenoxy) is 1. The second-order valence-electron chi connectivity index (χ2n) is 4.74. The van der Waals surface area contributed by atoms with Crippen LogP contribution in [-0.4, -0.2) is 25.2 Å². The lowest BCUT2D eigenvalue weighted by molar-refractivity contribution is 0.183. The van der Waals surface area contributed by atoms with Crippen molar-refractivity contribution >= 4 is 10.9 Å². The Bertz CT molecular complexity index is 505. The van der Waals surface area contributed by atoms with Crippen LogP contribution in [0.2, 0.25) is 0 Å². The Morgan fingerprint density at radius 2 is 2.21 bits per heavy atom. The van der Waals surface area contributed by atoms with Crippen LogP contribution in [0.5, 0.6) is 0 Å². The zero-order valence-corrected chi connectivity index (χ0v) is 11.7. The minimum absolute atomic E-state index is 0.351. The average Bonchev–Trinajstić information content (AvgIpc) is 2.47. The third-order valence-corrected chi connectivity index (χ3v) is 3.28. The smallest absolute Gasteiger partial charge is 0.0702 e. The minimum atomic E-state index is 0.351. The molecule has 0 bridgehead atoms. The van der Waals surface area contributed by atoms with E-state index in [0.29, 0.717) is 6.04 Å². The molecule has 2 aromatic rings. The van der Waals surface area contributed by atoms with Crippen LogP contribution in [-0.2, 0) is 4.74 Å². The van der Waals surface area contributed by atoms with Gasteiger partial charge in [0.15, 0.2) is 0 Å². The molecule has 0 aliphatic heterocycles. The summed E-state index contributed by atoms with van der Waals surface area (Å²) in [6, 6.07) is 10.9. The summed E-state index contributed by atoms with van der Waals surface area (Å²) in [6.45, 7) is 3.98. The van der Waals surface area contributed by atoms with Crippen LogP contribution < -0.4 is 5.32 Å². The van der Waals surface area contributed by atoms with Gasteiger partial charge in [0, 0.05) is 31.3 Å². The molecule has 1 aromatic carbocycles. The summed E-state index contributed by atoms with van der Waals surface area (Å²) < 4.78 is 5.21. The first kappa shape index (κ1) is 14.0. The van der Waals surface area contributed by atoms with Gasteiger partial charge in [-0.2, -0.15) is 0 Å². The predicted octanol–water partition coefficient (Wildman–Crippen LogP) is 3.31. The first-order valence-electron chi connectivity index (χ1n) is 6.92. The Morgan fingerprint density at radius 1 is 1.32 bits per heavy atom. The van der Waals surface area contributed by atoms with E-state index in [0.717, 1.165) is 31.5 Å². The highest BCUT2D eigenvalue weighted by atomic mass is 16.5. The number of rotatable bonds is 7. The molecule has 1 N–H and O–H groups in total. The van der Waals surface area contributed by atoms with Gasteiger partial charge >= 0.3 is 0 Å². The highest BCUT2D eigenvalue weighted by Crippen LogP contribution is 2.21. The number of aromatic nitrogens is 1. The number of hydrogen-bond donors (Lipinski definition) is 1. The van der Waals surface area contributed by atoms with Crippen molar-refractivity contribution in [2.45, 2.75) is 25.8 Å². The molecular formula is C16H22N2O. The fourth-order valence-corrected chi connectivity index (χ4v) is 2.25. The van der Waals surface area contributed by atoms with Crippen LogP contribution in [0.3, 0.4) is 0 Å². The summed E-state index contributed by atoms with van der Waals surface area (Å²) in [5.74, 6) is 0. The van der Waals surface area contributed by atoms with E-state index in [4.69, 9.17) is 4.74 Å². The highest BCUT2D eigenvalue weighted by Gasteiger charge is 2.10. The number of benzene rings is 1. The molecule has 3 heteroatoms. The summed E-state index contributed by atoms with van der Waals surface area (Å²) in [7, 11) is 1.75. The van der Waals surface area contributed by atoms with Crippen LogP contribution in [0, 0.1) is 0 Å². The van der Waals surface area contributed by atoms with E-state index in [9.17, 15) is 0 Å². The first-order chi connectivity index (χ1) is 9.35. The molecule has 0 aliphatic rings. The Labute approximate surface area is 115 Å². The largest absolute Gasteiger partial charge is 0.385 e. The van der Waals surface area contributed by atoms with Gasteiger partial charge in [0.25, 0.3) is 0 Å². The van der Waals surface area contributed by atoms with E-state index in [1.54, 1.807) is 7.11 Å². The summed E-state index contributed by atoms with van der Waals surface area (Å²) in [5.41, 5.74) is 2.36. The maximum atomic E-state index is 5.21. The van der Waals surface area contributed by atoms with Crippen molar-refractivity contribution in [1.29, 1.82) is 0 Å². The van der Waals surface area contributed by atoms with Crippen LogP contribution in [0.25, 0.3) is 10.9 Å². The lowest BCUT2D eigenvalue weighted by Gasteiger charge is -2.19. The fourth-order valence-electron chi connectivity index (χ4n) is 2.25. The quantitative estimate of drug-likeness (QED) is 0.827. The summed E-state index contributed by atoms with van der Waals surface area (Å²) in [6.07, 6.45) is 3.96. The van der Waals surface area contributed by atoms with E-state index in [2.05, 4.69) is 41.5 Å². The Morgan fingerprint density at radius 3 is 3.00 bits per heavy atom. The van der Waals surface area contributed by atoms with Crippen molar-refractivity contribution in [2.24, 2.45) is 0 Å². The van der Waals surface area contributed by atoms with E-state index >= 15 is 0 Å². The molecule has 0 aliphatic carbocycles. The third-order valence-electron chi connectivity index (χ3n) is 3.28. The summed E-state index contributed by atoms with van der Waals surface area (Å²) >= 11 is 0. The second kappa shape index (κ2) is 7.22. The van der Waals surface area contributed by atoms with Crippen molar-refractivity contribution in [1.82, 2.24) is 10.3 Å². The van der Waals surface area contributed by atoms with Crippen molar-refractivity contribution in [3.05, 3.63) is 42.1 Å². The standard InChI is InChI=1S/C16H22N2O/c1-3-9-17-16(8-11-19-2)14-6-7-15-13(12-14)5-4-10-18-15/h4-7,10,12,16-17H,3,8-9,11H2,1-2H3. The van der Waals surface area contributed by atoms with E-state index in [1.165, 1.54) is 10.9 Å². The molecular weight excluding hydrogens is 236 g/mol. The summed E-state index contributed by atoms with van der Waals surface area (Å²) in [4.78, 5) is 4.36. The highest BCUT2D eigenvalue weighted by molar-refractivity contribution is 5.79. The molecule has 0 amide bonds. The van der Waals surface area contributed by atoms with Gasteiger partial charge in [0.1, 0.15) is 0 Å². The molecule has 102 valence electrons. The van der Waals surface area contributed by atoms with E-state index in [-0.39, 0.29) is 0 Å². The molecule has 0 saturated heterocycles. The zero-order chi connectivity index (χ0) is 13.5. The number of nitrogens with one attached hydrogen (secondary N) is 1. The Balaban J connectivity index is 2.21. The molecule has 19 heavy (non-hydrogen) atoms. The average molecular weight is 258 g/mol. The van der Waals surface area contributed by atoms with Gasteiger partial charge in [-0.25, -0.2) is 0 Å². The molecule has 0 saturated carbocycles. The van der Waals surface area contributed by atoms with Crippen LogP contribution in [0.15, 0.2) is 36.5 Å². The lowest BCUT2D eigenvalue weighted by atomic mass is 10.0. The molecule has 0 fully saturated rings. The van der Waals surface area contributed by atoms with E-state index in [1.807, 2.05) is 12.3 Å². The SMILES string of the molecule is CCCNC(CCOC)c1ccc2ncccc2c1. The summed E-state index contributed by atoms with van der Waals surface area (Å²) in [5, 5.41) is 4.78. The van der Waals surface area contributed by atoms with Gasteiger partial charge in [-0.1, -0.05) is 19.1 Å².